The van der Waals surface area contributed by atoms with Gasteiger partial charge in [-0.15, -0.1) is 0 Å². The van der Waals surface area contributed by atoms with Gasteiger partial charge in [-0.1, -0.05) is 5.16 Å². The molecule has 9 heteroatoms. The van der Waals surface area contributed by atoms with Gasteiger partial charge in [0.05, 0.1) is 6.61 Å². The van der Waals surface area contributed by atoms with E-state index in [2.05, 4.69) is 14.7 Å². The highest BCUT2D eigenvalue weighted by Crippen LogP contribution is 2.31. The molecule has 94 valence electrons. The van der Waals surface area contributed by atoms with Crippen molar-refractivity contribution in [2.75, 3.05) is 6.61 Å². The van der Waals surface area contributed by atoms with E-state index in [1.807, 2.05) is 0 Å². The van der Waals surface area contributed by atoms with E-state index >= 15 is 0 Å². The monoisotopic (exact) mass is 245 g/mol. The zero-order valence-electron chi connectivity index (χ0n) is 8.55. The predicted octanol–water partition coefficient (Wildman–Crippen LogP) is -2.68. The third-order valence-electron chi connectivity index (χ3n) is 2.45. The molecule has 5 N–H and O–H groups in total. The number of hydrogen-bond acceptors (Lipinski definition) is 8. The Morgan fingerprint density at radius 3 is 2.59 bits per heavy atom. The molecule has 1 aliphatic rings. The SMILES string of the molecule is NC(=O)c1nc([C@@H]2O[C@@H](CO)[C@@H](O)[C@@H]2O)no1. The highest BCUT2D eigenvalue weighted by molar-refractivity contribution is 5.87. The molecule has 9 nitrogen and oxygen atoms in total. The van der Waals surface area contributed by atoms with Gasteiger partial charge in [-0.25, -0.2) is 0 Å². The van der Waals surface area contributed by atoms with Gasteiger partial charge >= 0.3 is 11.8 Å². The lowest BCUT2D eigenvalue weighted by molar-refractivity contribution is -0.0258. The predicted molar refractivity (Wildman–Crippen MR) is 49.5 cm³/mol. The van der Waals surface area contributed by atoms with Gasteiger partial charge in [0.15, 0.2) is 0 Å². The summed E-state index contributed by atoms with van der Waals surface area (Å²) in [5, 5.41) is 31.4. The third kappa shape index (κ3) is 2.00. The number of primary amides is 1. The Bertz CT molecular complexity index is 421. The number of rotatable bonds is 3. The standard InChI is InChI=1S/C8H11N3O6/c9-6(15)8-10-7(11-17-8)5-4(14)3(13)2(1-12)16-5/h2-5,12-14H,1H2,(H2,9,15)/t2-,3+,4-,5+/m0/s1. The summed E-state index contributed by atoms with van der Waals surface area (Å²) in [6, 6.07) is 0. The van der Waals surface area contributed by atoms with Crippen LogP contribution in [0.3, 0.4) is 0 Å². The number of aromatic nitrogens is 2. The fraction of sp³-hybridized carbons (Fsp3) is 0.625. The summed E-state index contributed by atoms with van der Waals surface area (Å²) in [7, 11) is 0. The number of carbonyl (C=O) groups is 1. The summed E-state index contributed by atoms with van der Waals surface area (Å²) in [5.74, 6) is -1.44. The van der Waals surface area contributed by atoms with Crippen molar-refractivity contribution < 1.29 is 29.4 Å². The first-order valence-electron chi connectivity index (χ1n) is 4.80. The first-order valence-corrected chi connectivity index (χ1v) is 4.80. The second-order valence-corrected chi connectivity index (χ2v) is 3.58. The minimum atomic E-state index is -1.31. The van der Waals surface area contributed by atoms with E-state index in [0.717, 1.165) is 0 Å². The molecule has 0 saturated carbocycles. The average Bonchev–Trinajstić information content (AvgIpc) is 2.87. The number of aliphatic hydroxyl groups excluding tert-OH is 3. The Balaban J connectivity index is 2.19. The van der Waals surface area contributed by atoms with Gasteiger partial charge in [0.25, 0.3) is 0 Å². The van der Waals surface area contributed by atoms with E-state index in [1.165, 1.54) is 0 Å². The number of carbonyl (C=O) groups excluding carboxylic acids is 1. The maximum atomic E-state index is 10.7. The van der Waals surface area contributed by atoms with Crippen molar-refractivity contribution in [3.63, 3.8) is 0 Å². The maximum absolute atomic E-state index is 10.7. The molecule has 1 aromatic heterocycles. The van der Waals surface area contributed by atoms with E-state index in [-0.39, 0.29) is 5.82 Å². The van der Waals surface area contributed by atoms with Crippen LogP contribution in [0, 0.1) is 0 Å². The lowest BCUT2D eigenvalue weighted by atomic mass is 10.1. The van der Waals surface area contributed by atoms with E-state index in [9.17, 15) is 15.0 Å². The van der Waals surface area contributed by atoms with Crippen LogP contribution in [0.15, 0.2) is 4.52 Å². The number of amides is 1. The second-order valence-electron chi connectivity index (χ2n) is 3.58. The Kier molecular flexibility index (Phi) is 3.07. The second kappa shape index (κ2) is 4.37. The van der Waals surface area contributed by atoms with Crippen molar-refractivity contribution >= 4 is 5.91 Å². The van der Waals surface area contributed by atoms with E-state index in [0.29, 0.717) is 0 Å². The Labute approximate surface area is 94.8 Å². The van der Waals surface area contributed by atoms with Crippen molar-refractivity contribution in [1.82, 2.24) is 10.1 Å². The Morgan fingerprint density at radius 1 is 1.41 bits per heavy atom. The maximum Gasteiger partial charge on any atom is 0.315 e. The van der Waals surface area contributed by atoms with Gasteiger partial charge in [-0.2, -0.15) is 4.98 Å². The number of nitrogens with zero attached hydrogens (tertiary/aromatic N) is 2. The van der Waals surface area contributed by atoms with Crippen LogP contribution in [0.25, 0.3) is 0 Å². The molecular weight excluding hydrogens is 234 g/mol. The number of hydrogen-bond donors (Lipinski definition) is 4. The van der Waals surface area contributed by atoms with Gasteiger partial charge in [0.2, 0.25) is 5.82 Å². The zero-order chi connectivity index (χ0) is 12.6. The molecule has 2 heterocycles. The molecule has 1 fully saturated rings. The molecule has 0 bridgehead atoms. The summed E-state index contributed by atoms with van der Waals surface area (Å²) in [4.78, 5) is 14.3. The molecule has 0 radical (unpaired) electrons. The lowest BCUT2D eigenvalue weighted by Crippen LogP contribution is -2.32. The van der Waals surface area contributed by atoms with Crippen molar-refractivity contribution in [3.8, 4) is 0 Å². The quantitative estimate of drug-likeness (QED) is 0.449. The summed E-state index contributed by atoms with van der Waals surface area (Å²) in [6.45, 7) is -0.463. The van der Waals surface area contributed by atoms with Gasteiger partial charge in [0.1, 0.15) is 24.4 Å². The molecule has 0 spiro atoms. The van der Waals surface area contributed by atoms with Crippen molar-refractivity contribution in [2.24, 2.45) is 5.73 Å². The van der Waals surface area contributed by atoms with Crippen LogP contribution in [-0.4, -0.2) is 56.3 Å². The van der Waals surface area contributed by atoms with Crippen LogP contribution < -0.4 is 5.73 Å². The normalized spacial score (nSPS) is 32.9. The largest absolute Gasteiger partial charge is 0.394 e. The first-order chi connectivity index (χ1) is 8.04. The Morgan fingerprint density at radius 2 is 2.12 bits per heavy atom. The third-order valence-corrected chi connectivity index (χ3v) is 2.45. The summed E-state index contributed by atoms with van der Waals surface area (Å²) < 4.78 is 9.65. The fourth-order valence-corrected chi connectivity index (χ4v) is 1.56. The lowest BCUT2D eigenvalue weighted by Gasteiger charge is -2.10. The van der Waals surface area contributed by atoms with Crippen LogP contribution in [0.1, 0.15) is 22.6 Å². The molecule has 0 aliphatic carbocycles. The van der Waals surface area contributed by atoms with Crippen LogP contribution in [0.4, 0.5) is 0 Å². The van der Waals surface area contributed by atoms with Gasteiger partial charge < -0.3 is 30.3 Å². The number of aliphatic hydroxyl groups is 3. The minimum Gasteiger partial charge on any atom is -0.394 e. The topological polar surface area (TPSA) is 152 Å². The molecular formula is C8H11N3O6. The highest BCUT2D eigenvalue weighted by atomic mass is 16.6. The minimum absolute atomic E-state index is 0.110. The highest BCUT2D eigenvalue weighted by Gasteiger charge is 2.45. The summed E-state index contributed by atoms with van der Waals surface area (Å²) in [5.41, 5.74) is 4.91. The van der Waals surface area contributed by atoms with E-state index in [4.69, 9.17) is 15.6 Å². The van der Waals surface area contributed by atoms with E-state index < -0.39 is 42.8 Å². The summed E-state index contributed by atoms with van der Waals surface area (Å²) >= 11 is 0. The van der Waals surface area contributed by atoms with Crippen molar-refractivity contribution in [2.45, 2.75) is 24.4 Å². The molecule has 17 heavy (non-hydrogen) atoms. The average molecular weight is 245 g/mol. The van der Waals surface area contributed by atoms with Crippen LogP contribution in [-0.2, 0) is 4.74 Å². The zero-order valence-corrected chi connectivity index (χ0v) is 8.55. The molecule has 2 rings (SSSR count). The van der Waals surface area contributed by atoms with Crippen LogP contribution in [0.5, 0.6) is 0 Å². The summed E-state index contributed by atoms with van der Waals surface area (Å²) in [6.07, 6.45) is -4.59. The smallest absolute Gasteiger partial charge is 0.315 e. The molecule has 0 unspecified atom stereocenters. The molecule has 1 saturated heterocycles. The van der Waals surface area contributed by atoms with Crippen molar-refractivity contribution in [1.29, 1.82) is 0 Å². The molecule has 1 aliphatic heterocycles. The molecule has 4 atom stereocenters. The van der Waals surface area contributed by atoms with Crippen LogP contribution in [0.2, 0.25) is 0 Å². The Hall–Kier alpha value is -1.55. The molecule has 0 aromatic carbocycles. The molecule has 1 aromatic rings. The van der Waals surface area contributed by atoms with Crippen LogP contribution >= 0.6 is 0 Å². The first kappa shape index (κ1) is 11.9. The van der Waals surface area contributed by atoms with Crippen molar-refractivity contribution in [3.05, 3.63) is 11.7 Å². The molecule has 1 amide bonds. The number of nitrogens with two attached hydrogens (primary N) is 1. The fourth-order valence-electron chi connectivity index (χ4n) is 1.56. The van der Waals surface area contributed by atoms with Gasteiger partial charge in [-0.3, -0.25) is 4.79 Å². The number of ether oxygens (including phenoxy) is 1. The van der Waals surface area contributed by atoms with E-state index in [1.54, 1.807) is 0 Å². The van der Waals surface area contributed by atoms with Gasteiger partial charge in [0, 0.05) is 0 Å². The van der Waals surface area contributed by atoms with Gasteiger partial charge in [-0.05, 0) is 0 Å².